The van der Waals surface area contributed by atoms with E-state index in [4.69, 9.17) is 20.9 Å². The van der Waals surface area contributed by atoms with Gasteiger partial charge in [0.05, 0.1) is 24.3 Å². The van der Waals surface area contributed by atoms with Crippen LogP contribution in [0.2, 0.25) is 5.02 Å². The third-order valence-corrected chi connectivity index (χ3v) is 4.57. The number of nitrogens with zero attached hydrogens (tertiary/aromatic N) is 3. The topological polar surface area (TPSA) is 51.4 Å². The van der Waals surface area contributed by atoms with E-state index in [0.717, 1.165) is 30.8 Å². The Hall–Kier alpha value is -1.50. The van der Waals surface area contributed by atoms with Gasteiger partial charge in [-0.25, -0.2) is 4.39 Å². The molecule has 0 radical (unpaired) electrons. The maximum Gasteiger partial charge on any atom is 0.240 e. The van der Waals surface area contributed by atoms with Crippen molar-refractivity contribution in [2.24, 2.45) is 5.92 Å². The minimum Gasteiger partial charge on any atom is -0.371 e. The lowest BCUT2D eigenvalue weighted by molar-refractivity contribution is -0.0356. The Morgan fingerprint density at radius 1 is 1.40 bits per heavy atom. The third kappa shape index (κ3) is 5.00. The lowest BCUT2D eigenvalue weighted by atomic mass is 10.1. The Labute approximate surface area is 152 Å². The maximum absolute atomic E-state index is 13.3. The molecule has 1 aliphatic heterocycles. The van der Waals surface area contributed by atoms with Crippen molar-refractivity contribution in [1.29, 1.82) is 0 Å². The van der Waals surface area contributed by atoms with E-state index in [-0.39, 0.29) is 11.1 Å². The Kier molecular flexibility index (Phi) is 6.04. The van der Waals surface area contributed by atoms with Gasteiger partial charge in [-0.15, -0.1) is 0 Å². The molecule has 3 rings (SSSR count). The van der Waals surface area contributed by atoms with Crippen LogP contribution >= 0.6 is 11.6 Å². The summed E-state index contributed by atoms with van der Waals surface area (Å²) in [5.41, 5.74) is 0.874. The van der Waals surface area contributed by atoms with Gasteiger partial charge >= 0.3 is 0 Å². The zero-order chi connectivity index (χ0) is 17.8. The number of aryl methyl sites for hydroxylation is 1. The Bertz CT molecular complexity index is 707. The highest BCUT2D eigenvalue weighted by molar-refractivity contribution is 6.30. The third-order valence-electron chi connectivity index (χ3n) is 4.28. The van der Waals surface area contributed by atoms with Gasteiger partial charge in [0.15, 0.2) is 5.82 Å². The summed E-state index contributed by atoms with van der Waals surface area (Å²) in [5.74, 6) is 1.58. The van der Waals surface area contributed by atoms with Gasteiger partial charge < -0.3 is 9.26 Å². The van der Waals surface area contributed by atoms with Crippen LogP contribution in [0.3, 0.4) is 0 Å². The second-order valence-electron chi connectivity index (χ2n) is 6.80. The molecule has 1 unspecified atom stereocenters. The van der Waals surface area contributed by atoms with Crippen molar-refractivity contribution < 1.29 is 13.7 Å². The second kappa shape index (κ2) is 8.25. The Balaban J connectivity index is 1.59. The molecule has 0 spiro atoms. The van der Waals surface area contributed by atoms with Crippen molar-refractivity contribution in [3.63, 3.8) is 0 Å². The SMILES string of the molecule is CC(C)CCc1noc(CN2CCOC(c3ccc(F)c(Cl)c3)C2)n1. The summed E-state index contributed by atoms with van der Waals surface area (Å²) in [4.78, 5) is 6.67. The van der Waals surface area contributed by atoms with Gasteiger partial charge in [0.2, 0.25) is 5.89 Å². The Morgan fingerprint density at radius 2 is 2.24 bits per heavy atom. The van der Waals surface area contributed by atoms with Gasteiger partial charge in [-0.2, -0.15) is 4.98 Å². The van der Waals surface area contributed by atoms with Gasteiger partial charge in [0, 0.05) is 19.5 Å². The molecule has 1 aromatic carbocycles. The molecule has 136 valence electrons. The minimum absolute atomic E-state index is 0.116. The van der Waals surface area contributed by atoms with E-state index >= 15 is 0 Å². The van der Waals surface area contributed by atoms with Crippen LogP contribution in [0.4, 0.5) is 4.39 Å². The van der Waals surface area contributed by atoms with Crippen LogP contribution in [-0.2, 0) is 17.7 Å². The van der Waals surface area contributed by atoms with Crippen molar-refractivity contribution in [2.75, 3.05) is 19.7 Å². The molecule has 1 atom stereocenters. The molecule has 2 heterocycles. The largest absolute Gasteiger partial charge is 0.371 e. The molecule has 0 N–H and O–H groups in total. The molecule has 0 aliphatic carbocycles. The minimum atomic E-state index is -0.419. The van der Waals surface area contributed by atoms with Gasteiger partial charge in [-0.3, -0.25) is 4.90 Å². The first-order valence-electron chi connectivity index (χ1n) is 8.61. The van der Waals surface area contributed by atoms with Crippen LogP contribution in [0.25, 0.3) is 0 Å². The van der Waals surface area contributed by atoms with Crippen molar-refractivity contribution in [2.45, 2.75) is 39.3 Å². The summed E-state index contributed by atoms with van der Waals surface area (Å²) in [6.45, 7) is 6.99. The summed E-state index contributed by atoms with van der Waals surface area (Å²) >= 11 is 5.88. The lowest BCUT2D eigenvalue weighted by Gasteiger charge is -2.32. The van der Waals surface area contributed by atoms with Crippen LogP contribution < -0.4 is 0 Å². The van der Waals surface area contributed by atoms with E-state index in [1.165, 1.54) is 6.07 Å². The molecule has 5 nitrogen and oxygen atoms in total. The smallest absolute Gasteiger partial charge is 0.240 e. The molecule has 1 aliphatic rings. The van der Waals surface area contributed by atoms with Crippen LogP contribution in [0, 0.1) is 11.7 Å². The number of hydrogen-bond donors (Lipinski definition) is 0. The highest BCUT2D eigenvalue weighted by Gasteiger charge is 2.24. The standard InChI is InChI=1S/C18H23ClFN3O2/c1-12(2)3-6-17-21-18(25-22-17)11-23-7-8-24-16(10-23)13-4-5-15(20)14(19)9-13/h4-5,9,12,16H,3,6-8,10-11H2,1-2H3. The average molecular weight is 368 g/mol. The fraction of sp³-hybridized carbons (Fsp3) is 0.556. The second-order valence-corrected chi connectivity index (χ2v) is 7.21. The van der Waals surface area contributed by atoms with Crippen LogP contribution in [-0.4, -0.2) is 34.7 Å². The number of ether oxygens (including phenoxy) is 1. The van der Waals surface area contributed by atoms with Gasteiger partial charge in [-0.05, 0) is 30.0 Å². The van der Waals surface area contributed by atoms with Crippen molar-refractivity contribution in [3.8, 4) is 0 Å². The van der Waals surface area contributed by atoms with E-state index in [1.807, 2.05) is 0 Å². The zero-order valence-electron chi connectivity index (χ0n) is 14.5. The molecule has 1 aromatic heterocycles. The summed E-state index contributed by atoms with van der Waals surface area (Å²) in [6.07, 6.45) is 1.74. The fourth-order valence-corrected chi connectivity index (χ4v) is 3.01. The monoisotopic (exact) mass is 367 g/mol. The summed E-state index contributed by atoms with van der Waals surface area (Å²) in [5, 5.41) is 4.16. The van der Waals surface area contributed by atoms with Gasteiger partial charge in [0.25, 0.3) is 0 Å². The number of hydrogen-bond acceptors (Lipinski definition) is 5. The fourth-order valence-electron chi connectivity index (χ4n) is 2.83. The van der Waals surface area contributed by atoms with E-state index in [1.54, 1.807) is 12.1 Å². The lowest BCUT2D eigenvalue weighted by Crippen LogP contribution is -2.37. The molecular weight excluding hydrogens is 345 g/mol. The van der Waals surface area contributed by atoms with Gasteiger partial charge in [0.1, 0.15) is 5.82 Å². The highest BCUT2D eigenvalue weighted by Crippen LogP contribution is 2.26. The molecule has 0 amide bonds. The van der Waals surface area contributed by atoms with E-state index in [2.05, 4.69) is 28.9 Å². The van der Waals surface area contributed by atoms with Gasteiger partial charge in [-0.1, -0.05) is 36.7 Å². The summed E-state index contributed by atoms with van der Waals surface area (Å²) < 4.78 is 24.5. The van der Waals surface area contributed by atoms with E-state index in [9.17, 15) is 4.39 Å². The number of aromatic nitrogens is 2. The number of rotatable bonds is 6. The van der Waals surface area contributed by atoms with Crippen molar-refractivity contribution in [3.05, 3.63) is 46.3 Å². The zero-order valence-corrected chi connectivity index (χ0v) is 15.3. The predicted octanol–water partition coefficient (Wildman–Crippen LogP) is 4.02. The number of benzene rings is 1. The van der Waals surface area contributed by atoms with Crippen molar-refractivity contribution in [1.82, 2.24) is 15.0 Å². The molecule has 0 saturated carbocycles. The molecule has 1 saturated heterocycles. The Morgan fingerprint density at radius 3 is 3.00 bits per heavy atom. The first-order chi connectivity index (χ1) is 12.0. The van der Waals surface area contributed by atoms with E-state index in [0.29, 0.717) is 31.5 Å². The highest BCUT2D eigenvalue weighted by atomic mass is 35.5. The van der Waals surface area contributed by atoms with Crippen LogP contribution in [0.15, 0.2) is 22.7 Å². The molecule has 0 bridgehead atoms. The average Bonchev–Trinajstić information content (AvgIpc) is 3.03. The maximum atomic E-state index is 13.3. The van der Waals surface area contributed by atoms with Crippen LogP contribution in [0.5, 0.6) is 0 Å². The summed E-state index contributed by atoms with van der Waals surface area (Å²) in [7, 11) is 0. The summed E-state index contributed by atoms with van der Waals surface area (Å²) in [6, 6.07) is 4.72. The first-order valence-corrected chi connectivity index (χ1v) is 8.99. The van der Waals surface area contributed by atoms with Crippen molar-refractivity contribution >= 4 is 11.6 Å². The van der Waals surface area contributed by atoms with E-state index < -0.39 is 5.82 Å². The normalized spacial score (nSPS) is 18.8. The predicted molar refractivity (Wildman–Crippen MR) is 92.8 cm³/mol. The quantitative estimate of drug-likeness (QED) is 0.771. The molecule has 2 aromatic rings. The number of halogens is 2. The molecule has 25 heavy (non-hydrogen) atoms. The molecular formula is C18H23ClFN3O2. The van der Waals surface area contributed by atoms with Crippen LogP contribution in [0.1, 0.15) is 43.7 Å². The first kappa shape index (κ1) is 18.3. The molecule has 1 fully saturated rings. The molecule has 7 heteroatoms. The number of morpholine rings is 1.